The predicted octanol–water partition coefficient (Wildman–Crippen LogP) is 4.15. The molecule has 2 aromatic rings. The van der Waals surface area contributed by atoms with Gasteiger partial charge in [0.15, 0.2) is 0 Å². The molecule has 1 saturated heterocycles. The second-order valence-electron chi connectivity index (χ2n) is 7.55. The van der Waals surface area contributed by atoms with Crippen molar-refractivity contribution in [2.24, 2.45) is 0 Å². The van der Waals surface area contributed by atoms with Gasteiger partial charge in [0.2, 0.25) is 11.0 Å². The molecule has 158 valence electrons. The minimum Gasteiger partial charge on any atom is -0.497 e. The number of nitrogens with zero attached hydrogens (tertiary/aromatic N) is 4. The molecule has 0 bridgehead atoms. The molecule has 29 heavy (non-hydrogen) atoms. The molecule has 7 heteroatoms. The highest BCUT2D eigenvalue weighted by Gasteiger charge is 2.21. The van der Waals surface area contributed by atoms with Crippen LogP contribution in [0, 0.1) is 0 Å². The molecule has 0 N–H and O–H groups in total. The monoisotopic (exact) mass is 416 g/mol. The van der Waals surface area contributed by atoms with Crippen molar-refractivity contribution in [3.05, 3.63) is 35.7 Å². The minimum absolute atomic E-state index is 0.305. The first kappa shape index (κ1) is 21.6. The van der Waals surface area contributed by atoms with Gasteiger partial charge >= 0.3 is 0 Å². The van der Waals surface area contributed by atoms with Gasteiger partial charge in [0.1, 0.15) is 11.6 Å². The Morgan fingerprint density at radius 3 is 2.90 bits per heavy atom. The van der Waals surface area contributed by atoms with E-state index in [0.29, 0.717) is 18.7 Å². The maximum absolute atomic E-state index is 12.5. The van der Waals surface area contributed by atoms with Crippen LogP contribution in [0.4, 0.5) is 5.13 Å². The summed E-state index contributed by atoms with van der Waals surface area (Å²) in [6.45, 7) is 5.57. The predicted molar refractivity (Wildman–Crippen MR) is 118 cm³/mol. The molecule has 0 atom stereocenters. The van der Waals surface area contributed by atoms with E-state index in [4.69, 9.17) is 9.72 Å². The van der Waals surface area contributed by atoms with Gasteiger partial charge in [-0.2, -0.15) is 4.37 Å². The first-order valence-corrected chi connectivity index (χ1v) is 11.4. The van der Waals surface area contributed by atoms with Gasteiger partial charge in [0, 0.05) is 50.6 Å². The van der Waals surface area contributed by atoms with Crippen molar-refractivity contribution in [2.75, 3.05) is 38.2 Å². The summed E-state index contributed by atoms with van der Waals surface area (Å²) in [5, 5.41) is 0.958. The molecule has 1 aromatic heterocycles. The fraction of sp³-hybridized carbons (Fsp3) is 0.591. The molecule has 1 aliphatic heterocycles. The summed E-state index contributed by atoms with van der Waals surface area (Å²) in [4.78, 5) is 21.6. The topological polar surface area (TPSA) is 58.6 Å². The molecule has 1 amide bonds. The van der Waals surface area contributed by atoms with Crippen LogP contribution < -0.4 is 9.64 Å². The van der Waals surface area contributed by atoms with Crippen molar-refractivity contribution in [1.82, 2.24) is 14.3 Å². The van der Waals surface area contributed by atoms with Crippen LogP contribution in [-0.2, 0) is 11.2 Å². The summed E-state index contributed by atoms with van der Waals surface area (Å²) in [6.07, 6.45) is 6.95. The summed E-state index contributed by atoms with van der Waals surface area (Å²) in [5.41, 5.74) is 1.14. The average molecular weight is 417 g/mol. The number of hydrogen-bond acceptors (Lipinski definition) is 6. The van der Waals surface area contributed by atoms with Crippen molar-refractivity contribution in [3.63, 3.8) is 0 Å². The van der Waals surface area contributed by atoms with Crippen LogP contribution in [0.25, 0.3) is 0 Å². The van der Waals surface area contributed by atoms with Gasteiger partial charge in [-0.15, -0.1) is 0 Å². The zero-order valence-electron chi connectivity index (χ0n) is 17.6. The second-order valence-corrected chi connectivity index (χ2v) is 8.28. The van der Waals surface area contributed by atoms with Crippen LogP contribution in [-0.4, -0.2) is 53.5 Å². The minimum atomic E-state index is 0.305. The number of benzene rings is 1. The van der Waals surface area contributed by atoms with E-state index in [1.807, 2.05) is 23.1 Å². The summed E-state index contributed by atoms with van der Waals surface area (Å²) in [5.74, 6) is 2.00. The second kappa shape index (κ2) is 11.1. The quantitative estimate of drug-likeness (QED) is 0.575. The Kier molecular flexibility index (Phi) is 8.28. The number of aromatic nitrogens is 2. The third-order valence-electron chi connectivity index (χ3n) is 5.32. The summed E-state index contributed by atoms with van der Waals surface area (Å²) in [6, 6.07) is 8.03. The first-order valence-electron chi connectivity index (χ1n) is 10.7. The molecule has 1 aromatic carbocycles. The third kappa shape index (κ3) is 6.42. The summed E-state index contributed by atoms with van der Waals surface area (Å²) >= 11 is 1.45. The van der Waals surface area contributed by atoms with E-state index in [-0.39, 0.29) is 0 Å². The molecule has 6 nitrogen and oxygen atoms in total. The molecular formula is C22H32N4O2S. The van der Waals surface area contributed by atoms with Gasteiger partial charge in [-0.3, -0.25) is 4.79 Å². The van der Waals surface area contributed by atoms with Crippen molar-refractivity contribution in [3.8, 4) is 5.75 Å². The lowest BCUT2D eigenvalue weighted by atomic mass is 10.1. The molecule has 0 saturated carbocycles. The zero-order valence-corrected chi connectivity index (χ0v) is 18.4. The first-order chi connectivity index (χ1) is 14.2. The number of anilines is 1. The summed E-state index contributed by atoms with van der Waals surface area (Å²) < 4.78 is 9.85. The number of unbranched alkanes of at least 4 members (excludes halogenated alkanes) is 3. The fourth-order valence-electron chi connectivity index (χ4n) is 3.63. The van der Waals surface area contributed by atoms with Gasteiger partial charge in [-0.1, -0.05) is 38.3 Å². The number of hydrogen-bond donors (Lipinski definition) is 0. The lowest BCUT2D eigenvalue weighted by Crippen LogP contribution is -2.35. The average Bonchev–Trinajstić information content (AvgIpc) is 3.05. The van der Waals surface area contributed by atoms with Gasteiger partial charge in [0.05, 0.1) is 7.11 Å². The lowest BCUT2D eigenvalue weighted by Gasteiger charge is -2.21. The van der Waals surface area contributed by atoms with E-state index < -0.39 is 0 Å². The Hall–Kier alpha value is -2.15. The van der Waals surface area contributed by atoms with Crippen molar-refractivity contribution in [1.29, 1.82) is 0 Å². The van der Waals surface area contributed by atoms with Gasteiger partial charge in [0.25, 0.3) is 0 Å². The van der Waals surface area contributed by atoms with E-state index in [0.717, 1.165) is 67.7 Å². The van der Waals surface area contributed by atoms with Crippen LogP contribution in [0.1, 0.15) is 56.8 Å². The number of ether oxygens (including phenoxy) is 1. The number of carbonyl (C=O) groups is 1. The third-order valence-corrected chi connectivity index (χ3v) is 6.13. The largest absolute Gasteiger partial charge is 0.497 e. The van der Waals surface area contributed by atoms with Crippen LogP contribution in [0.3, 0.4) is 0 Å². The Morgan fingerprint density at radius 1 is 1.17 bits per heavy atom. The number of rotatable bonds is 9. The van der Waals surface area contributed by atoms with Crippen LogP contribution in [0.15, 0.2) is 24.3 Å². The van der Waals surface area contributed by atoms with E-state index in [9.17, 15) is 4.79 Å². The van der Waals surface area contributed by atoms with Crippen molar-refractivity contribution in [2.45, 2.75) is 51.9 Å². The lowest BCUT2D eigenvalue weighted by molar-refractivity contribution is -0.131. The smallest absolute Gasteiger partial charge is 0.222 e. The Labute approximate surface area is 178 Å². The Bertz CT molecular complexity index is 780. The number of methoxy groups -OCH3 is 1. The SMILES string of the molecule is CCCCCCC(=O)N1CCCN(c2nc(Cc3cccc(OC)c3)ns2)CC1. The molecule has 2 heterocycles. The van der Waals surface area contributed by atoms with Crippen LogP contribution >= 0.6 is 11.5 Å². The van der Waals surface area contributed by atoms with Gasteiger partial charge < -0.3 is 14.5 Å². The highest BCUT2D eigenvalue weighted by molar-refractivity contribution is 7.09. The molecule has 1 aliphatic rings. The molecule has 0 spiro atoms. The van der Waals surface area contributed by atoms with E-state index in [1.165, 1.54) is 24.4 Å². The normalized spacial score (nSPS) is 14.7. The number of amides is 1. The van der Waals surface area contributed by atoms with E-state index in [2.05, 4.69) is 22.3 Å². The summed E-state index contributed by atoms with van der Waals surface area (Å²) in [7, 11) is 1.68. The van der Waals surface area contributed by atoms with Crippen molar-refractivity contribution < 1.29 is 9.53 Å². The van der Waals surface area contributed by atoms with Crippen LogP contribution in [0.2, 0.25) is 0 Å². The number of carbonyl (C=O) groups excluding carboxylic acids is 1. The molecule has 1 fully saturated rings. The van der Waals surface area contributed by atoms with E-state index in [1.54, 1.807) is 7.11 Å². The van der Waals surface area contributed by atoms with E-state index >= 15 is 0 Å². The standard InChI is InChI=1S/C22H32N4O2S/c1-3-4-5-6-11-21(27)25-12-8-13-26(15-14-25)22-23-20(24-29-22)17-18-9-7-10-19(16-18)28-2/h7,9-10,16H,3-6,8,11-15,17H2,1-2H3. The fourth-order valence-corrected chi connectivity index (χ4v) is 4.37. The zero-order chi connectivity index (χ0) is 20.5. The molecule has 0 unspecified atom stereocenters. The van der Waals surface area contributed by atoms with Crippen LogP contribution in [0.5, 0.6) is 5.75 Å². The highest BCUT2D eigenvalue weighted by atomic mass is 32.1. The molecular weight excluding hydrogens is 384 g/mol. The highest BCUT2D eigenvalue weighted by Crippen LogP contribution is 2.22. The molecule has 0 radical (unpaired) electrons. The Morgan fingerprint density at radius 2 is 2.07 bits per heavy atom. The Balaban J connectivity index is 1.52. The maximum Gasteiger partial charge on any atom is 0.222 e. The molecule has 3 rings (SSSR count). The van der Waals surface area contributed by atoms with Crippen molar-refractivity contribution >= 4 is 22.6 Å². The maximum atomic E-state index is 12.5. The molecule has 0 aliphatic carbocycles. The van der Waals surface area contributed by atoms with Gasteiger partial charge in [-0.25, -0.2) is 4.98 Å². The van der Waals surface area contributed by atoms with Gasteiger partial charge in [-0.05, 0) is 30.5 Å².